The Morgan fingerprint density at radius 3 is 1.91 bits per heavy atom. The van der Waals surface area contributed by atoms with Gasteiger partial charge < -0.3 is 0 Å². The van der Waals surface area contributed by atoms with Gasteiger partial charge in [-0.3, -0.25) is 5.84 Å². The average molecular weight is 158 g/mol. The van der Waals surface area contributed by atoms with Crippen molar-refractivity contribution in [3.8, 4) is 0 Å². The molecule has 0 bridgehead atoms. The van der Waals surface area contributed by atoms with Gasteiger partial charge in [-0.05, 0) is 26.2 Å². The van der Waals surface area contributed by atoms with Gasteiger partial charge >= 0.3 is 0 Å². The Morgan fingerprint density at radius 2 is 1.64 bits per heavy atom. The molecule has 2 N–H and O–H groups in total. The maximum atomic E-state index is 5.92. The van der Waals surface area contributed by atoms with Gasteiger partial charge in [-0.15, -0.1) is 0 Å². The summed E-state index contributed by atoms with van der Waals surface area (Å²) in [5.41, 5.74) is 0.204. The van der Waals surface area contributed by atoms with E-state index >= 15 is 0 Å². The number of hydrogen-bond acceptors (Lipinski definition) is 2. The summed E-state index contributed by atoms with van der Waals surface area (Å²) in [5, 5.41) is 1.98. The fraction of sp³-hybridized carbons (Fsp3) is 1.00. The predicted octanol–water partition coefficient (Wildman–Crippen LogP) is 2.15. The molecule has 0 aromatic heterocycles. The van der Waals surface area contributed by atoms with Gasteiger partial charge in [0.25, 0.3) is 0 Å². The van der Waals surface area contributed by atoms with E-state index in [1.165, 1.54) is 0 Å². The normalized spacial score (nSPS) is 12.5. The number of hydrogen-bond donors (Lipinski definition) is 1. The van der Waals surface area contributed by atoms with Gasteiger partial charge in [0.15, 0.2) is 0 Å². The van der Waals surface area contributed by atoms with Crippen molar-refractivity contribution in [2.75, 3.05) is 6.54 Å². The van der Waals surface area contributed by atoms with E-state index in [4.69, 9.17) is 5.84 Å². The molecule has 68 valence electrons. The van der Waals surface area contributed by atoms with Crippen molar-refractivity contribution < 1.29 is 0 Å². The zero-order valence-corrected chi connectivity index (χ0v) is 8.35. The van der Waals surface area contributed by atoms with Crippen LogP contribution in [0, 0.1) is 0 Å². The molecule has 0 amide bonds. The molecule has 0 aliphatic carbocycles. The second kappa shape index (κ2) is 4.73. The first kappa shape index (κ1) is 10.9. The van der Waals surface area contributed by atoms with Gasteiger partial charge in [0.05, 0.1) is 0 Å². The molecule has 0 aromatic carbocycles. The van der Waals surface area contributed by atoms with Crippen molar-refractivity contribution in [3.63, 3.8) is 0 Å². The van der Waals surface area contributed by atoms with Crippen LogP contribution in [0.1, 0.15) is 47.0 Å². The Hall–Kier alpha value is -0.0800. The van der Waals surface area contributed by atoms with Gasteiger partial charge in [-0.1, -0.05) is 20.8 Å². The van der Waals surface area contributed by atoms with Crippen LogP contribution in [0.5, 0.6) is 0 Å². The summed E-state index contributed by atoms with van der Waals surface area (Å²) < 4.78 is 0. The molecule has 0 spiro atoms. The molecule has 0 aromatic rings. The molecule has 0 radical (unpaired) electrons. The number of nitrogens with two attached hydrogens (primary N) is 1. The van der Waals surface area contributed by atoms with Crippen molar-refractivity contribution in [3.05, 3.63) is 0 Å². The molecule has 2 heteroatoms. The van der Waals surface area contributed by atoms with Gasteiger partial charge in [0.1, 0.15) is 0 Å². The second-order valence-electron chi connectivity index (χ2n) is 3.40. The Bertz CT molecular complexity index is 97.7. The van der Waals surface area contributed by atoms with E-state index in [2.05, 4.69) is 27.7 Å². The van der Waals surface area contributed by atoms with Gasteiger partial charge in [-0.2, -0.15) is 0 Å². The van der Waals surface area contributed by atoms with Crippen LogP contribution in [0.15, 0.2) is 0 Å². The average Bonchev–Trinajstić information content (AvgIpc) is 2.03. The first-order valence-corrected chi connectivity index (χ1v) is 4.63. The quantitative estimate of drug-likeness (QED) is 0.490. The zero-order valence-electron chi connectivity index (χ0n) is 8.35. The molecule has 0 rings (SSSR count). The SMILES string of the molecule is CCCN(N)C(C)(CC)CC. The zero-order chi connectivity index (χ0) is 8.91. The second-order valence-corrected chi connectivity index (χ2v) is 3.40. The Labute approximate surface area is 70.7 Å². The summed E-state index contributed by atoms with van der Waals surface area (Å²) in [7, 11) is 0. The molecule has 2 nitrogen and oxygen atoms in total. The highest BCUT2D eigenvalue weighted by molar-refractivity contribution is 4.79. The first-order chi connectivity index (χ1) is 5.10. The highest BCUT2D eigenvalue weighted by Gasteiger charge is 2.24. The van der Waals surface area contributed by atoms with Crippen LogP contribution in [0.4, 0.5) is 0 Å². The molecule has 0 unspecified atom stereocenters. The molecule has 0 saturated heterocycles. The Kier molecular flexibility index (Phi) is 4.69. The lowest BCUT2D eigenvalue weighted by Crippen LogP contribution is -2.50. The van der Waals surface area contributed by atoms with E-state index in [-0.39, 0.29) is 5.54 Å². The Morgan fingerprint density at radius 1 is 1.18 bits per heavy atom. The van der Waals surface area contributed by atoms with E-state index in [1.807, 2.05) is 5.01 Å². The maximum absolute atomic E-state index is 5.92. The molecule has 0 saturated carbocycles. The lowest BCUT2D eigenvalue weighted by atomic mass is 9.94. The minimum atomic E-state index is 0.204. The van der Waals surface area contributed by atoms with Crippen LogP contribution in [-0.2, 0) is 0 Å². The van der Waals surface area contributed by atoms with Crippen molar-refractivity contribution in [1.29, 1.82) is 0 Å². The maximum Gasteiger partial charge on any atom is 0.0318 e. The van der Waals surface area contributed by atoms with Crippen LogP contribution in [0.3, 0.4) is 0 Å². The minimum absolute atomic E-state index is 0.204. The summed E-state index contributed by atoms with van der Waals surface area (Å²) in [6.07, 6.45) is 3.38. The van der Waals surface area contributed by atoms with E-state index in [1.54, 1.807) is 0 Å². The summed E-state index contributed by atoms with van der Waals surface area (Å²) >= 11 is 0. The third-order valence-electron chi connectivity index (χ3n) is 2.68. The van der Waals surface area contributed by atoms with Crippen molar-refractivity contribution in [1.82, 2.24) is 5.01 Å². The van der Waals surface area contributed by atoms with Crippen LogP contribution < -0.4 is 5.84 Å². The molecule has 0 atom stereocenters. The first-order valence-electron chi connectivity index (χ1n) is 4.63. The predicted molar refractivity (Wildman–Crippen MR) is 50.2 cm³/mol. The lowest BCUT2D eigenvalue weighted by Gasteiger charge is -2.36. The highest BCUT2D eigenvalue weighted by Crippen LogP contribution is 2.19. The fourth-order valence-corrected chi connectivity index (χ4v) is 1.17. The van der Waals surface area contributed by atoms with E-state index in [0.717, 1.165) is 25.8 Å². The van der Waals surface area contributed by atoms with Crippen LogP contribution in [0.25, 0.3) is 0 Å². The van der Waals surface area contributed by atoms with E-state index in [9.17, 15) is 0 Å². The standard InChI is InChI=1S/C9H22N2/c1-5-8-11(10)9(4,6-2)7-3/h5-8,10H2,1-4H3. The van der Waals surface area contributed by atoms with Crippen molar-refractivity contribution in [2.24, 2.45) is 5.84 Å². The fourth-order valence-electron chi connectivity index (χ4n) is 1.17. The topological polar surface area (TPSA) is 29.3 Å². The smallest absolute Gasteiger partial charge is 0.0318 e. The highest BCUT2D eigenvalue weighted by atomic mass is 15.4. The van der Waals surface area contributed by atoms with Gasteiger partial charge in [-0.25, -0.2) is 5.01 Å². The summed E-state index contributed by atoms with van der Waals surface area (Å²) in [6.45, 7) is 9.77. The molecular weight excluding hydrogens is 136 g/mol. The molecular formula is C9H22N2. The van der Waals surface area contributed by atoms with Gasteiger partial charge in [0.2, 0.25) is 0 Å². The number of rotatable bonds is 5. The minimum Gasteiger partial charge on any atom is -0.268 e. The lowest BCUT2D eigenvalue weighted by molar-refractivity contribution is 0.0952. The van der Waals surface area contributed by atoms with Crippen LogP contribution in [-0.4, -0.2) is 17.1 Å². The molecule has 0 heterocycles. The summed E-state index contributed by atoms with van der Waals surface area (Å²) in [5.74, 6) is 5.92. The van der Waals surface area contributed by atoms with Crippen molar-refractivity contribution >= 4 is 0 Å². The largest absolute Gasteiger partial charge is 0.268 e. The van der Waals surface area contributed by atoms with E-state index in [0.29, 0.717) is 0 Å². The third kappa shape index (κ3) is 2.80. The number of nitrogens with zero attached hydrogens (tertiary/aromatic N) is 1. The third-order valence-corrected chi connectivity index (χ3v) is 2.68. The molecule has 0 fully saturated rings. The summed E-state index contributed by atoms with van der Waals surface area (Å²) in [6, 6.07) is 0. The molecule has 11 heavy (non-hydrogen) atoms. The Balaban J connectivity index is 4.00. The van der Waals surface area contributed by atoms with Gasteiger partial charge in [0, 0.05) is 12.1 Å². The van der Waals surface area contributed by atoms with Crippen LogP contribution >= 0.6 is 0 Å². The number of hydrazine groups is 1. The monoisotopic (exact) mass is 158 g/mol. The van der Waals surface area contributed by atoms with Crippen molar-refractivity contribution in [2.45, 2.75) is 52.5 Å². The molecule has 0 aliphatic rings. The summed E-state index contributed by atoms with van der Waals surface area (Å²) in [4.78, 5) is 0. The van der Waals surface area contributed by atoms with Crippen LogP contribution in [0.2, 0.25) is 0 Å². The molecule has 0 aliphatic heterocycles. The van der Waals surface area contributed by atoms with E-state index < -0.39 is 0 Å².